The van der Waals surface area contributed by atoms with Crippen LogP contribution in [0.3, 0.4) is 0 Å². The molecule has 1 atom stereocenters. The van der Waals surface area contributed by atoms with Gasteiger partial charge in [-0.05, 0) is 37.5 Å². The average Bonchev–Trinajstić information content (AvgIpc) is 3.25. The predicted octanol–water partition coefficient (Wildman–Crippen LogP) is 3.74. The van der Waals surface area contributed by atoms with Crippen LogP contribution in [0.2, 0.25) is 0 Å². The summed E-state index contributed by atoms with van der Waals surface area (Å²) in [7, 11) is 1.61. The SMILES string of the molecule is COc1ccccc1Cn1c(=O)c2ccccc2n2c(SC(C)C(=O)NCCC(C)C)nnc12. The van der Waals surface area contributed by atoms with E-state index in [2.05, 4.69) is 29.4 Å². The molecule has 2 heterocycles. The lowest BCUT2D eigenvalue weighted by atomic mass is 10.1. The maximum Gasteiger partial charge on any atom is 0.263 e. The lowest BCUT2D eigenvalue weighted by molar-refractivity contribution is -0.120. The topological polar surface area (TPSA) is 90.5 Å². The van der Waals surface area contributed by atoms with Crippen molar-refractivity contribution in [3.63, 3.8) is 0 Å². The first-order chi connectivity index (χ1) is 16.4. The Kier molecular flexibility index (Phi) is 7.21. The van der Waals surface area contributed by atoms with Gasteiger partial charge < -0.3 is 10.1 Å². The van der Waals surface area contributed by atoms with Crippen molar-refractivity contribution in [2.24, 2.45) is 5.92 Å². The summed E-state index contributed by atoms with van der Waals surface area (Å²) in [5, 5.41) is 12.5. The summed E-state index contributed by atoms with van der Waals surface area (Å²) in [6.07, 6.45) is 0.927. The highest BCUT2D eigenvalue weighted by Gasteiger charge is 2.22. The van der Waals surface area contributed by atoms with E-state index in [1.54, 1.807) is 17.7 Å². The molecule has 34 heavy (non-hydrogen) atoms. The number of rotatable bonds is 9. The largest absolute Gasteiger partial charge is 0.496 e. The number of methoxy groups -OCH3 is 1. The standard InChI is InChI=1S/C25H29N5O3S/c1-16(2)13-14-26-22(31)17(3)34-25-28-27-24-29(15-18-9-5-8-12-21(18)33-4)23(32)19-10-6-7-11-20(19)30(24)25/h5-12,16-17H,13-15H2,1-4H3,(H,26,31). The third-order valence-electron chi connectivity index (χ3n) is 5.67. The second-order valence-corrected chi connectivity index (χ2v) is 9.88. The first-order valence-corrected chi connectivity index (χ1v) is 12.2. The van der Waals surface area contributed by atoms with Crippen LogP contribution in [0, 0.1) is 5.92 Å². The summed E-state index contributed by atoms with van der Waals surface area (Å²) in [4.78, 5) is 26.1. The molecule has 4 aromatic rings. The molecule has 0 bridgehead atoms. The molecule has 178 valence electrons. The molecule has 0 saturated heterocycles. The third kappa shape index (κ3) is 4.79. The Labute approximate surface area is 202 Å². The highest BCUT2D eigenvalue weighted by Crippen LogP contribution is 2.26. The molecular weight excluding hydrogens is 450 g/mol. The molecule has 0 aliphatic heterocycles. The van der Waals surface area contributed by atoms with Gasteiger partial charge in [-0.15, -0.1) is 10.2 Å². The van der Waals surface area contributed by atoms with Gasteiger partial charge in [0.15, 0.2) is 5.16 Å². The smallest absolute Gasteiger partial charge is 0.263 e. The summed E-state index contributed by atoms with van der Waals surface area (Å²) in [6, 6.07) is 15.0. The molecule has 4 rings (SSSR count). The van der Waals surface area contributed by atoms with Crippen LogP contribution in [0.1, 0.15) is 32.8 Å². The van der Waals surface area contributed by atoms with E-state index in [9.17, 15) is 9.59 Å². The lowest BCUT2D eigenvalue weighted by Crippen LogP contribution is -2.32. The van der Waals surface area contributed by atoms with Gasteiger partial charge in [-0.25, -0.2) is 0 Å². The highest BCUT2D eigenvalue weighted by molar-refractivity contribution is 8.00. The number of benzene rings is 2. The van der Waals surface area contributed by atoms with Crippen LogP contribution in [0.5, 0.6) is 5.75 Å². The number of carbonyl (C=O) groups is 1. The minimum atomic E-state index is -0.368. The van der Waals surface area contributed by atoms with E-state index in [0.29, 0.717) is 40.0 Å². The summed E-state index contributed by atoms with van der Waals surface area (Å²) < 4.78 is 8.94. The lowest BCUT2D eigenvalue weighted by Gasteiger charge is -2.14. The number of nitrogens with zero attached hydrogens (tertiary/aromatic N) is 4. The molecule has 0 aliphatic rings. The fourth-order valence-electron chi connectivity index (χ4n) is 3.80. The molecule has 0 saturated carbocycles. The average molecular weight is 480 g/mol. The van der Waals surface area contributed by atoms with Gasteiger partial charge in [0.05, 0.1) is 29.8 Å². The maximum atomic E-state index is 13.4. The maximum absolute atomic E-state index is 13.4. The van der Waals surface area contributed by atoms with Crippen LogP contribution in [-0.2, 0) is 11.3 Å². The fraction of sp³-hybridized carbons (Fsp3) is 0.360. The summed E-state index contributed by atoms with van der Waals surface area (Å²) in [5.74, 6) is 1.59. The van der Waals surface area contributed by atoms with Crippen molar-refractivity contribution in [3.8, 4) is 5.75 Å². The quantitative estimate of drug-likeness (QED) is 0.368. The minimum Gasteiger partial charge on any atom is -0.496 e. The number of aromatic nitrogens is 4. The number of thioether (sulfide) groups is 1. The number of nitrogens with one attached hydrogen (secondary N) is 1. The molecule has 2 aromatic carbocycles. The van der Waals surface area contributed by atoms with Gasteiger partial charge in [0.25, 0.3) is 5.56 Å². The number of hydrogen-bond donors (Lipinski definition) is 1. The molecule has 9 heteroatoms. The zero-order valence-corrected chi connectivity index (χ0v) is 20.6. The summed E-state index contributed by atoms with van der Waals surface area (Å²) in [5.41, 5.74) is 1.41. The molecular formula is C25H29N5O3S. The third-order valence-corrected chi connectivity index (χ3v) is 6.71. The number of ether oxygens (including phenoxy) is 1. The van der Waals surface area contributed by atoms with E-state index in [1.165, 1.54) is 11.8 Å². The van der Waals surface area contributed by atoms with E-state index in [0.717, 1.165) is 12.0 Å². The highest BCUT2D eigenvalue weighted by atomic mass is 32.2. The van der Waals surface area contributed by atoms with Crippen molar-refractivity contribution in [2.45, 2.75) is 44.1 Å². The number of carbonyl (C=O) groups excluding carboxylic acids is 1. The molecule has 1 amide bonds. The second-order valence-electron chi connectivity index (χ2n) is 8.57. The van der Waals surface area contributed by atoms with E-state index in [1.807, 2.05) is 53.8 Å². The zero-order chi connectivity index (χ0) is 24.2. The number of amides is 1. The molecule has 1 unspecified atom stereocenters. The van der Waals surface area contributed by atoms with Crippen LogP contribution < -0.4 is 15.6 Å². The van der Waals surface area contributed by atoms with Gasteiger partial charge in [0.1, 0.15) is 5.75 Å². The molecule has 0 radical (unpaired) electrons. The fourth-order valence-corrected chi connectivity index (χ4v) is 4.68. The molecule has 0 aliphatic carbocycles. The van der Waals surface area contributed by atoms with Crippen LogP contribution in [-0.4, -0.2) is 44.0 Å². The number of fused-ring (bicyclic) bond motifs is 3. The molecule has 1 N–H and O–H groups in total. The van der Waals surface area contributed by atoms with Gasteiger partial charge in [0.2, 0.25) is 11.7 Å². The van der Waals surface area contributed by atoms with Crippen LogP contribution in [0.15, 0.2) is 58.5 Å². The van der Waals surface area contributed by atoms with Gasteiger partial charge in [0, 0.05) is 12.1 Å². The van der Waals surface area contributed by atoms with Gasteiger partial charge in [-0.2, -0.15) is 0 Å². The van der Waals surface area contributed by atoms with Crippen molar-refractivity contribution in [3.05, 3.63) is 64.4 Å². The Morgan fingerprint density at radius 1 is 1.09 bits per heavy atom. The number of hydrogen-bond acceptors (Lipinski definition) is 6. The zero-order valence-electron chi connectivity index (χ0n) is 19.8. The first kappa shape index (κ1) is 23.8. The first-order valence-electron chi connectivity index (χ1n) is 11.3. The van der Waals surface area contributed by atoms with Crippen molar-refractivity contribution < 1.29 is 9.53 Å². The predicted molar refractivity (Wildman–Crippen MR) is 135 cm³/mol. The monoisotopic (exact) mass is 479 g/mol. The van der Waals surface area contributed by atoms with Crippen molar-refractivity contribution in [1.82, 2.24) is 24.5 Å². The van der Waals surface area contributed by atoms with E-state index in [4.69, 9.17) is 4.74 Å². The summed E-state index contributed by atoms with van der Waals surface area (Å²) >= 11 is 1.33. The second kappa shape index (κ2) is 10.3. The van der Waals surface area contributed by atoms with Gasteiger partial charge in [-0.3, -0.25) is 18.6 Å². The van der Waals surface area contributed by atoms with Crippen molar-refractivity contribution >= 4 is 34.3 Å². The number of para-hydroxylation sites is 2. The van der Waals surface area contributed by atoms with Crippen molar-refractivity contribution in [1.29, 1.82) is 0 Å². The molecule has 0 fully saturated rings. The Balaban J connectivity index is 1.75. The minimum absolute atomic E-state index is 0.0472. The summed E-state index contributed by atoms with van der Waals surface area (Å²) in [6.45, 7) is 7.03. The Morgan fingerprint density at radius 3 is 2.59 bits per heavy atom. The van der Waals surface area contributed by atoms with E-state index in [-0.39, 0.29) is 23.3 Å². The van der Waals surface area contributed by atoms with Crippen molar-refractivity contribution in [2.75, 3.05) is 13.7 Å². The van der Waals surface area contributed by atoms with Crippen LogP contribution in [0.4, 0.5) is 0 Å². The van der Waals surface area contributed by atoms with Crippen LogP contribution >= 0.6 is 11.8 Å². The normalized spacial score (nSPS) is 12.4. The molecule has 8 nitrogen and oxygen atoms in total. The Bertz CT molecular complexity index is 1380. The molecule has 0 spiro atoms. The van der Waals surface area contributed by atoms with Gasteiger partial charge >= 0.3 is 0 Å². The molecule has 2 aromatic heterocycles. The van der Waals surface area contributed by atoms with Crippen LogP contribution in [0.25, 0.3) is 16.7 Å². The Morgan fingerprint density at radius 2 is 1.82 bits per heavy atom. The van der Waals surface area contributed by atoms with E-state index < -0.39 is 0 Å². The van der Waals surface area contributed by atoms with E-state index >= 15 is 0 Å². The van der Waals surface area contributed by atoms with Gasteiger partial charge in [-0.1, -0.05) is 55.9 Å². The Hall–Kier alpha value is -3.33.